The number of urea groups is 1. The predicted molar refractivity (Wildman–Crippen MR) is 106 cm³/mol. The molecule has 3 aromatic rings. The van der Waals surface area contributed by atoms with Gasteiger partial charge in [-0.05, 0) is 61.4 Å². The summed E-state index contributed by atoms with van der Waals surface area (Å²) in [5.74, 6) is 5.91. The van der Waals surface area contributed by atoms with E-state index in [1.54, 1.807) is 6.07 Å². The van der Waals surface area contributed by atoms with E-state index < -0.39 is 6.03 Å². The van der Waals surface area contributed by atoms with E-state index in [-0.39, 0.29) is 0 Å². The highest BCUT2D eigenvalue weighted by atomic mass is 16.5. The van der Waals surface area contributed by atoms with E-state index in [9.17, 15) is 4.79 Å². The summed E-state index contributed by atoms with van der Waals surface area (Å²) >= 11 is 0. The normalized spacial score (nSPS) is 10.3. The fraction of sp³-hybridized carbons (Fsp3) is 0.143. The Balaban J connectivity index is 1.75. The molecule has 6 nitrogen and oxygen atoms in total. The predicted octanol–water partition coefficient (Wildman–Crippen LogP) is 3.94. The number of nitrogens with zero attached hydrogens (tertiary/aromatic N) is 1. The molecular formula is C21H22N4O2. The molecule has 6 heteroatoms. The van der Waals surface area contributed by atoms with Crippen LogP contribution in [0.5, 0.6) is 5.75 Å². The number of carbonyl (C=O) groups excluding carboxylic acids is 1. The number of rotatable bonds is 5. The van der Waals surface area contributed by atoms with Crippen molar-refractivity contribution >= 4 is 11.7 Å². The fourth-order valence-corrected chi connectivity index (χ4v) is 2.75. The van der Waals surface area contributed by atoms with Crippen molar-refractivity contribution in [2.75, 3.05) is 5.32 Å². The van der Waals surface area contributed by atoms with Crippen molar-refractivity contribution in [3.8, 4) is 17.0 Å². The molecule has 0 spiro atoms. The van der Waals surface area contributed by atoms with Crippen molar-refractivity contribution in [1.82, 2.24) is 10.4 Å². The van der Waals surface area contributed by atoms with Crippen molar-refractivity contribution in [3.05, 3.63) is 77.5 Å². The number of benzene rings is 2. The summed E-state index contributed by atoms with van der Waals surface area (Å²) in [5, 5.41) is 2.68. The molecule has 2 aromatic carbocycles. The molecule has 0 aliphatic carbocycles. The third-order valence-electron chi connectivity index (χ3n) is 4.17. The lowest BCUT2D eigenvalue weighted by Gasteiger charge is -2.14. The summed E-state index contributed by atoms with van der Waals surface area (Å²) in [6.45, 7) is 4.37. The largest absolute Gasteiger partial charge is 0.489 e. The Labute approximate surface area is 158 Å². The van der Waals surface area contributed by atoms with E-state index in [0.29, 0.717) is 12.3 Å². The third-order valence-corrected chi connectivity index (χ3v) is 4.17. The van der Waals surface area contributed by atoms with Crippen molar-refractivity contribution in [2.45, 2.75) is 20.5 Å². The number of hydrogen-bond donors (Lipinski definition) is 3. The highest BCUT2D eigenvalue weighted by Crippen LogP contribution is 2.27. The van der Waals surface area contributed by atoms with Gasteiger partial charge in [0.25, 0.3) is 0 Å². The van der Waals surface area contributed by atoms with Gasteiger partial charge in [0, 0.05) is 23.0 Å². The molecule has 0 unspecified atom stereocenters. The lowest BCUT2D eigenvalue weighted by Crippen LogP contribution is -2.34. The minimum atomic E-state index is -0.478. The Hall–Kier alpha value is -3.38. The number of anilines is 1. The average Bonchev–Trinajstić information content (AvgIpc) is 2.68. The number of amides is 2. The minimum absolute atomic E-state index is 0.323. The molecule has 0 aliphatic rings. The molecule has 27 heavy (non-hydrogen) atoms. The van der Waals surface area contributed by atoms with Crippen molar-refractivity contribution < 1.29 is 9.53 Å². The molecule has 1 heterocycles. The van der Waals surface area contributed by atoms with E-state index in [1.807, 2.05) is 56.4 Å². The Bertz CT molecular complexity index is 956. The summed E-state index contributed by atoms with van der Waals surface area (Å²) in [6, 6.07) is 17.0. The minimum Gasteiger partial charge on any atom is -0.489 e. The van der Waals surface area contributed by atoms with Gasteiger partial charge in [0.1, 0.15) is 12.4 Å². The number of para-hydroxylation sites is 1. The molecule has 2 amide bonds. The molecule has 4 N–H and O–H groups in total. The zero-order valence-corrected chi connectivity index (χ0v) is 15.3. The third kappa shape index (κ3) is 4.62. The van der Waals surface area contributed by atoms with Crippen molar-refractivity contribution in [1.29, 1.82) is 0 Å². The second kappa shape index (κ2) is 8.33. The number of carbonyl (C=O) groups is 1. The zero-order valence-electron chi connectivity index (χ0n) is 15.3. The van der Waals surface area contributed by atoms with Crippen LogP contribution in [-0.2, 0) is 6.61 Å². The standard InChI is InChI=1S/C21H22N4O2/c1-14-9-10-23-19(11-14)16-7-8-20(15(2)12-16)27-13-17-5-3-4-6-18(17)24-21(26)25-22/h3-12H,13,22H2,1-2H3,(H2,24,25,26). The van der Waals surface area contributed by atoms with Crippen LogP contribution >= 0.6 is 0 Å². The quantitative estimate of drug-likeness (QED) is 0.364. The van der Waals surface area contributed by atoms with Gasteiger partial charge in [-0.2, -0.15) is 0 Å². The monoisotopic (exact) mass is 362 g/mol. The number of ether oxygens (including phenoxy) is 1. The Morgan fingerprint density at radius 3 is 2.67 bits per heavy atom. The molecular weight excluding hydrogens is 340 g/mol. The Kier molecular flexibility index (Phi) is 5.68. The van der Waals surface area contributed by atoms with Crippen LogP contribution in [0, 0.1) is 13.8 Å². The average molecular weight is 362 g/mol. The maximum atomic E-state index is 11.5. The Morgan fingerprint density at radius 2 is 1.93 bits per heavy atom. The maximum Gasteiger partial charge on any atom is 0.333 e. The molecule has 0 aliphatic heterocycles. The topological polar surface area (TPSA) is 89.3 Å². The second-order valence-electron chi connectivity index (χ2n) is 6.24. The lowest BCUT2D eigenvalue weighted by molar-refractivity contribution is 0.252. The molecule has 3 rings (SSSR count). The maximum absolute atomic E-state index is 11.5. The van der Waals surface area contributed by atoms with E-state index in [4.69, 9.17) is 10.6 Å². The van der Waals surface area contributed by atoms with Crippen LogP contribution < -0.4 is 21.3 Å². The van der Waals surface area contributed by atoms with Gasteiger partial charge in [0.2, 0.25) is 0 Å². The van der Waals surface area contributed by atoms with E-state index in [2.05, 4.69) is 27.9 Å². The molecule has 0 radical (unpaired) electrons. The van der Waals surface area contributed by atoms with Crippen LogP contribution in [0.25, 0.3) is 11.3 Å². The van der Waals surface area contributed by atoms with Gasteiger partial charge in [0.05, 0.1) is 5.69 Å². The van der Waals surface area contributed by atoms with Crippen LogP contribution in [0.1, 0.15) is 16.7 Å². The summed E-state index contributed by atoms with van der Waals surface area (Å²) < 4.78 is 5.97. The second-order valence-corrected chi connectivity index (χ2v) is 6.24. The lowest BCUT2D eigenvalue weighted by atomic mass is 10.1. The van der Waals surface area contributed by atoms with Crippen LogP contribution in [0.3, 0.4) is 0 Å². The first-order valence-electron chi connectivity index (χ1n) is 8.59. The Morgan fingerprint density at radius 1 is 1.11 bits per heavy atom. The first-order chi connectivity index (χ1) is 13.1. The van der Waals surface area contributed by atoms with Crippen LogP contribution in [0.4, 0.5) is 10.5 Å². The SMILES string of the molecule is Cc1ccnc(-c2ccc(OCc3ccccc3NC(=O)NN)c(C)c2)c1. The summed E-state index contributed by atoms with van der Waals surface area (Å²) in [5.41, 5.74) is 7.72. The van der Waals surface area contributed by atoms with Crippen molar-refractivity contribution in [3.63, 3.8) is 0 Å². The smallest absolute Gasteiger partial charge is 0.333 e. The summed E-state index contributed by atoms with van der Waals surface area (Å²) in [4.78, 5) is 15.9. The fourth-order valence-electron chi connectivity index (χ4n) is 2.75. The number of hydrazine groups is 1. The van der Waals surface area contributed by atoms with E-state index in [0.717, 1.165) is 28.1 Å². The molecule has 1 aromatic heterocycles. The van der Waals surface area contributed by atoms with Gasteiger partial charge >= 0.3 is 6.03 Å². The number of aromatic nitrogens is 1. The number of pyridine rings is 1. The van der Waals surface area contributed by atoms with Gasteiger partial charge in [-0.15, -0.1) is 0 Å². The number of nitrogens with two attached hydrogens (primary N) is 1. The first kappa shape index (κ1) is 18.4. The van der Waals surface area contributed by atoms with Crippen molar-refractivity contribution in [2.24, 2.45) is 5.84 Å². The van der Waals surface area contributed by atoms with Gasteiger partial charge < -0.3 is 10.1 Å². The molecule has 0 atom stereocenters. The number of hydrogen-bond acceptors (Lipinski definition) is 4. The molecule has 0 saturated carbocycles. The molecule has 0 bridgehead atoms. The van der Waals surface area contributed by atoms with E-state index >= 15 is 0 Å². The van der Waals surface area contributed by atoms with Gasteiger partial charge in [-0.3, -0.25) is 10.4 Å². The molecule has 0 saturated heterocycles. The number of nitrogens with one attached hydrogen (secondary N) is 2. The van der Waals surface area contributed by atoms with Gasteiger partial charge in [-0.25, -0.2) is 10.6 Å². The van der Waals surface area contributed by atoms with Crippen LogP contribution in [-0.4, -0.2) is 11.0 Å². The molecule has 0 fully saturated rings. The van der Waals surface area contributed by atoms with Crippen LogP contribution in [0.15, 0.2) is 60.8 Å². The summed E-state index contributed by atoms with van der Waals surface area (Å²) in [7, 11) is 0. The summed E-state index contributed by atoms with van der Waals surface area (Å²) in [6.07, 6.45) is 1.81. The number of aryl methyl sites for hydroxylation is 2. The highest BCUT2D eigenvalue weighted by Gasteiger charge is 2.08. The van der Waals surface area contributed by atoms with Gasteiger partial charge in [-0.1, -0.05) is 18.2 Å². The van der Waals surface area contributed by atoms with Crippen LogP contribution in [0.2, 0.25) is 0 Å². The van der Waals surface area contributed by atoms with Gasteiger partial charge in [0.15, 0.2) is 0 Å². The highest BCUT2D eigenvalue weighted by molar-refractivity contribution is 5.89. The van der Waals surface area contributed by atoms with E-state index in [1.165, 1.54) is 5.56 Å². The molecule has 138 valence electrons. The zero-order chi connectivity index (χ0) is 19.2. The first-order valence-corrected chi connectivity index (χ1v) is 8.59.